The number of aromatic nitrogens is 2. The number of fused-ring (bicyclic) bond motifs is 6. The zero-order valence-corrected chi connectivity index (χ0v) is 20.9. The van der Waals surface area contributed by atoms with Crippen LogP contribution in [0.25, 0.3) is 61.7 Å². The molecule has 0 fully saturated rings. The molecule has 0 amide bonds. The topological polar surface area (TPSA) is 20.7 Å². The number of hydrogen-bond acceptors (Lipinski definition) is 0. The number of rotatable bonds is 3. The van der Waals surface area contributed by atoms with Crippen LogP contribution in [0.15, 0.2) is 121 Å². The first-order chi connectivity index (χ1) is 18.8. The Labute approximate surface area is 220 Å². The van der Waals surface area contributed by atoms with Gasteiger partial charge in [-0.15, -0.1) is 0 Å². The first-order valence-electron chi connectivity index (χ1n) is 13.3. The van der Waals surface area contributed by atoms with Crippen molar-refractivity contribution in [2.24, 2.45) is 0 Å². The van der Waals surface area contributed by atoms with E-state index < -0.39 is 0 Å². The first-order valence-corrected chi connectivity index (χ1v) is 13.3. The standard InChI is InChI=1S/C36H26N2/c1-2-9-24(10-3-1)25-11-8-12-28(21-25)38-35-16-7-5-14-30(35)32-23-27(18-20-36(32)38)26-17-19-34-31(22-26)29-13-4-6-15-33(29)37-34/h1-17,19-23,27,37H,18H2. The average molecular weight is 487 g/mol. The molecule has 180 valence electrons. The van der Waals surface area contributed by atoms with Crippen LogP contribution < -0.4 is 10.6 Å². The van der Waals surface area contributed by atoms with E-state index in [2.05, 4.69) is 143 Å². The molecule has 2 nitrogen and oxygen atoms in total. The van der Waals surface area contributed by atoms with Crippen molar-refractivity contribution in [2.45, 2.75) is 12.3 Å². The van der Waals surface area contributed by atoms with Gasteiger partial charge in [0.2, 0.25) is 0 Å². The van der Waals surface area contributed by atoms with E-state index in [9.17, 15) is 0 Å². The maximum Gasteiger partial charge on any atom is 0.0540 e. The molecular formula is C36H26N2. The van der Waals surface area contributed by atoms with Gasteiger partial charge in [0.1, 0.15) is 0 Å². The van der Waals surface area contributed by atoms with Gasteiger partial charge in [0, 0.05) is 49.4 Å². The number of nitrogens with one attached hydrogen (secondary N) is 1. The molecule has 5 aromatic carbocycles. The summed E-state index contributed by atoms with van der Waals surface area (Å²) in [7, 11) is 0. The Hall–Kier alpha value is -4.82. The summed E-state index contributed by atoms with van der Waals surface area (Å²) in [5.41, 5.74) is 8.69. The van der Waals surface area contributed by atoms with Crippen molar-refractivity contribution in [1.29, 1.82) is 0 Å². The van der Waals surface area contributed by atoms with Crippen LogP contribution in [0, 0.1) is 0 Å². The van der Waals surface area contributed by atoms with Gasteiger partial charge in [-0.25, -0.2) is 0 Å². The van der Waals surface area contributed by atoms with Crippen molar-refractivity contribution in [3.05, 3.63) is 137 Å². The van der Waals surface area contributed by atoms with Crippen molar-refractivity contribution < 1.29 is 0 Å². The smallest absolute Gasteiger partial charge is 0.0540 e. The number of H-pyrrole nitrogens is 1. The average Bonchev–Trinajstić information content (AvgIpc) is 3.53. The van der Waals surface area contributed by atoms with Crippen LogP contribution in [0.3, 0.4) is 0 Å². The molecule has 0 spiro atoms. The summed E-state index contributed by atoms with van der Waals surface area (Å²) < 4.78 is 2.44. The third kappa shape index (κ3) is 3.27. The van der Waals surface area contributed by atoms with Crippen LogP contribution in [-0.4, -0.2) is 9.55 Å². The Balaban J connectivity index is 1.30. The van der Waals surface area contributed by atoms with E-state index in [1.54, 1.807) is 0 Å². The molecule has 1 atom stereocenters. The third-order valence-corrected chi connectivity index (χ3v) is 8.05. The fourth-order valence-electron chi connectivity index (χ4n) is 6.23. The lowest BCUT2D eigenvalue weighted by molar-refractivity contribution is 0.909. The molecule has 0 saturated heterocycles. The van der Waals surface area contributed by atoms with Gasteiger partial charge in [0.15, 0.2) is 0 Å². The van der Waals surface area contributed by atoms with Gasteiger partial charge in [-0.05, 0) is 59.5 Å². The summed E-state index contributed by atoms with van der Waals surface area (Å²) in [5.74, 6) is 0.343. The van der Waals surface area contributed by atoms with Gasteiger partial charge in [0.25, 0.3) is 0 Å². The van der Waals surface area contributed by atoms with Crippen LogP contribution in [0.1, 0.15) is 17.9 Å². The molecule has 1 N–H and O–H groups in total. The fourth-order valence-corrected chi connectivity index (χ4v) is 6.23. The Kier molecular flexibility index (Phi) is 4.68. The summed E-state index contributed by atoms with van der Waals surface area (Å²) in [6.07, 6.45) is 5.91. The predicted molar refractivity (Wildman–Crippen MR) is 160 cm³/mol. The molecule has 2 heterocycles. The SMILES string of the molecule is C1=c2c(n(-c3cccc(-c4ccccc4)c3)c3ccccc23)=CCC1c1ccc2[nH]c3ccccc3c2c1. The van der Waals surface area contributed by atoms with Gasteiger partial charge in [-0.3, -0.25) is 0 Å². The van der Waals surface area contributed by atoms with Crippen molar-refractivity contribution in [3.8, 4) is 16.8 Å². The lowest BCUT2D eigenvalue weighted by Gasteiger charge is -2.15. The molecule has 7 aromatic rings. The lowest BCUT2D eigenvalue weighted by atomic mass is 9.90. The van der Waals surface area contributed by atoms with E-state index in [1.165, 1.54) is 65.7 Å². The molecule has 38 heavy (non-hydrogen) atoms. The molecule has 1 unspecified atom stereocenters. The zero-order chi connectivity index (χ0) is 25.1. The number of aromatic amines is 1. The third-order valence-electron chi connectivity index (χ3n) is 8.05. The summed E-state index contributed by atoms with van der Waals surface area (Å²) in [6.45, 7) is 0. The monoisotopic (exact) mass is 486 g/mol. The van der Waals surface area contributed by atoms with E-state index in [0.717, 1.165) is 6.42 Å². The number of hydrogen-bond donors (Lipinski definition) is 1. The van der Waals surface area contributed by atoms with Gasteiger partial charge >= 0.3 is 0 Å². The predicted octanol–water partition coefficient (Wildman–Crippen LogP) is 7.68. The van der Waals surface area contributed by atoms with Gasteiger partial charge in [-0.1, -0.05) is 97.1 Å². The fraction of sp³-hybridized carbons (Fsp3) is 0.0556. The van der Waals surface area contributed by atoms with Crippen LogP contribution in [-0.2, 0) is 0 Å². The first kappa shape index (κ1) is 21.3. The highest BCUT2D eigenvalue weighted by atomic mass is 15.0. The highest BCUT2D eigenvalue weighted by Crippen LogP contribution is 2.32. The Bertz CT molecular complexity index is 2110. The molecule has 8 rings (SSSR count). The molecule has 2 aromatic heterocycles. The summed E-state index contributed by atoms with van der Waals surface area (Å²) >= 11 is 0. The molecule has 2 heteroatoms. The lowest BCUT2D eigenvalue weighted by Crippen LogP contribution is -2.31. The minimum atomic E-state index is 0.343. The Morgan fingerprint density at radius 2 is 1.37 bits per heavy atom. The Morgan fingerprint density at radius 1 is 0.605 bits per heavy atom. The van der Waals surface area contributed by atoms with Crippen LogP contribution in [0.4, 0.5) is 0 Å². The molecule has 0 bridgehead atoms. The molecule has 0 aliphatic heterocycles. The van der Waals surface area contributed by atoms with Gasteiger partial charge in [-0.2, -0.15) is 0 Å². The Morgan fingerprint density at radius 3 is 2.29 bits per heavy atom. The highest BCUT2D eigenvalue weighted by Gasteiger charge is 2.18. The quantitative estimate of drug-likeness (QED) is 0.264. The minimum absolute atomic E-state index is 0.343. The highest BCUT2D eigenvalue weighted by molar-refractivity contribution is 6.07. The maximum absolute atomic E-state index is 3.56. The minimum Gasteiger partial charge on any atom is -0.355 e. The van der Waals surface area contributed by atoms with Crippen LogP contribution in [0.2, 0.25) is 0 Å². The summed E-state index contributed by atoms with van der Waals surface area (Å²) in [4.78, 5) is 3.56. The maximum atomic E-state index is 3.56. The molecular weight excluding hydrogens is 460 g/mol. The second kappa shape index (κ2) is 8.36. The normalized spacial score (nSPS) is 14.9. The van der Waals surface area contributed by atoms with E-state index in [0.29, 0.717) is 5.92 Å². The van der Waals surface area contributed by atoms with E-state index in [1.807, 2.05) is 0 Å². The second-order valence-corrected chi connectivity index (χ2v) is 10.3. The van der Waals surface area contributed by atoms with Crippen molar-refractivity contribution in [2.75, 3.05) is 0 Å². The molecule has 0 saturated carbocycles. The summed E-state index contributed by atoms with van der Waals surface area (Å²) in [6, 6.07) is 43.9. The molecule has 0 radical (unpaired) electrons. The van der Waals surface area contributed by atoms with Crippen molar-refractivity contribution >= 4 is 44.9 Å². The summed E-state index contributed by atoms with van der Waals surface area (Å²) in [5, 5.41) is 6.53. The van der Waals surface area contributed by atoms with E-state index >= 15 is 0 Å². The number of para-hydroxylation sites is 2. The van der Waals surface area contributed by atoms with Crippen molar-refractivity contribution in [1.82, 2.24) is 9.55 Å². The largest absolute Gasteiger partial charge is 0.355 e. The van der Waals surface area contributed by atoms with Crippen LogP contribution in [0.5, 0.6) is 0 Å². The van der Waals surface area contributed by atoms with Gasteiger partial charge < -0.3 is 9.55 Å². The van der Waals surface area contributed by atoms with Crippen molar-refractivity contribution in [3.63, 3.8) is 0 Å². The second-order valence-electron chi connectivity index (χ2n) is 10.3. The van der Waals surface area contributed by atoms with E-state index in [-0.39, 0.29) is 0 Å². The zero-order valence-electron chi connectivity index (χ0n) is 20.9. The van der Waals surface area contributed by atoms with E-state index in [4.69, 9.17) is 0 Å². The van der Waals surface area contributed by atoms with Crippen LogP contribution >= 0.6 is 0 Å². The van der Waals surface area contributed by atoms with Gasteiger partial charge in [0.05, 0.1) is 5.52 Å². The number of benzene rings is 5. The molecule has 1 aliphatic rings. The molecule has 1 aliphatic carbocycles. The number of nitrogens with zero attached hydrogens (tertiary/aromatic N) is 1.